The minimum atomic E-state index is -0.850. The predicted molar refractivity (Wildman–Crippen MR) is 111 cm³/mol. The molecule has 3 rings (SSSR count). The van der Waals surface area contributed by atoms with E-state index >= 15 is 0 Å². The molecule has 0 fully saturated rings. The number of hydrogen-bond donors (Lipinski definition) is 1. The van der Waals surface area contributed by atoms with E-state index in [1.165, 1.54) is 6.08 Å². The minimum absolute atomic E-state index is 0.0194. The summed E-state index contributed by atoms with van der Waals surface area (Å²) in [6.45, 7) is 9.15. The van der Waals surface area contributed by atoms with Gasteiger partial charge in [-0.2, -0.15) is 5.26 Å². The van der Waals surface area contributed by atoms with E-state index < -0.39 is 11.9 Å². The van der Waals surface area contributed by atoms with Crippen molar-refractivity contribution in [2.75, 3.05) is 6.61 Å². The topological polar surface area (TPSA) is 98.2 Å². The largest absolute Gasteiger partial charge is 0.458 e. The van der Waals surface area contributed by atoms with E-state index in [4.69, 9.17) is 26.8 Å². The molecule has 7 heteroatoms. The van der Waals surface area contributed by atoms with Gasteiger partial charge < -0.3 is 15.2 Å². The Morgan fingerprint density at radius 3 is 2.72 bits per heavy atom. The zero-order valence-electron chi connectivity index (χ0n) is 16.4. The summed E-state index contributed by atoms with van der Waals surface area (Å²) >= 11 is 6.51. The molecule has 1 aliphatic rings. The van der Waals surface area contributed by atoms with Crippen LogP contribution in [-0.2, 0) is 14.3 Å². The first-order chi connectivity index (χ1) is 13.8. The van der Waals surface area contributed by atoms with Crippen molar-refractivity contribution in [3.63, 3.8) is 0 Å². The third kappa shape index (κ3) is 3.69. The van der Waals surface area contributed by atoms with Crippen molar-refractivity contribution in [3.05, 3.63) is 75.5 Å². The highest BCUT2D eigenvalue weighted by atomic mass is 35.5. The van der Waals surface area contributed by atoms with Gasteiger partial charge in [-0.1, -0.05) is 24.3 Å². The van der Waals surface area contributed by atoms with Crippen LogP contribution in [0.4, 0.5) is 0 Å². The molecule has 6 nitrogen and oxygen atoms in total. The van der Waals surface area contributed by atoms with Gasteiger partial charge in [0.1, 0.15) is 29.2 Å². The summed E-state index contributed by atoms with van der Waals surface area (Å²) in [4.78, 5) is 17.2. The summed E-state index contributed by atoms with van der Waals surface area (Å²) in [7, 11) is 0. The molecule has 1 aromatic carbocycles. The lowest BCUT2D eigenvalue weighted by molar-refractivity contribution is -0.138. The number of fused-ring (bicyclic) bond motifs is 1. The van der Waals surface area contributed by atoms with Gasteiger partial charge in [0.2, 0.25) is 5.88 Å². The van der Waals surface area contributed by atoms with Crippen LogP contribution in [0.2, 0.25) is 5.15 Å². The van der Waals surface area contributed by atoms with Gasteiger partial charge in [0, 0.05) is 10.9 Å². The van der Waals surface area contributed by atoms with E-state index in [0.29, 0.717) is 5.56 Å². The number of aryl methyl sites for hydroxylation is 2. The molecule has 0 amide bonds. The number of rotatable bonds is 4. The molecular weight excluding hydrogens is 390 g/mol. The molecule has 2 aromatic rings. The molecule has 2 N–H and O–H groups in total. The first-order valence-electron chi connectivity index (χ1n) is 8.92. The van der Waals surface area contributed by atoms with Crippen LogP contribution in [0, 0.1) is 25.2 Å². The Morgan fingerprint density at radius 2 is 2.07 bits per heavy atom. The first kappa shape index (κ1) is 20.4. The van der Waals surface area contributed by atoms with Gasteiger partial charge in [-0.3, -0.25) is 0 Å². The number of carbonyl (C=O) groups is 1. The molecule has 1 atom stereocenters. The number of hydrogen-bond acceptors (Lipinski definition) is 6. The Morgan fingerprint density at radius 1 is 1.38 bits per heavy atom. The normalized spacial score (nSPS) is 16.4. The lowest BCUT2D eigenvalue weighted by atomic mass is 9.83. The van der Waals surface area contributed by atoms with E-state index in [0.717, 1.165) is 22.0 Å². The maximum atomic E-state index is 12.7. The predicted octanol–water partition coefficient (Wildman–Crippen LogP) is 4.32. The molecular formula is C22H20ClN3O3. The summed E-state index contributed by atoms with van der Waals surface area (Å²) in [5.74, 6) is -1.32. The molecule has 0 bridgehead atoms. The molecule has 1 aromatic heterocycles. The van der Waals surface area contributed by atoms with Gasteiger partial charge in [-0.05, 0) is 50.1 Å². The van der Waals surface area contributed by atoms with Crippen LogP contribution in [-0.4, -0.2) is 17.6 Å². The number of halogens is 1. The second-order valence-corrected chi connectivity index (χ2v) is 7.14. The first-order valence-corrected chi connectivity index (χ1v) is 9.30. The van der Waals surface area contributed by atoms with Gasteiger partial charge in [0.05, 0.1) is 17.0 Å². The molecule has 0 saturated heterocycles. The van der Waals surface area contributed by atoms with Crippen molar-refractivity contribution in [1.29, 1.82) is 5.26 Å². The highest BCUT2D eigenvalue weighted by Crippen LogP contribution is 2.42. The summed E-state index contributed by atoms with van der Waals surface area (Å²) < 4.78 is 10.7. The second kappa shape index (κ2) is 7.98. The van der Waals surface area contributed by atoms with Gasteiger partial charge in [0.25, 0.3) is 0 Å². The van der Waals surface area contributed by atoms with Crippen molar-refractivity contribution < 1.29 is 14.3 Å². The summed E-state index contributed by atoms with van der Waals surface area (Å²) in [5, 5.41) is 10.7. The molecule has 29 heavy (non-hydrogen) atoms. The Bertz CT molecular complexity index is 1140. The van der Waals surface area contributed by atoms with Crippen molar-refractivity contribution in [2.45, 2.75) is 26.7 Å². The molecule has 0 radical (unpaired) electrons. The maximum absolute atomic E-state index is 12.7. The third-order valence-electron chi connectivity index (χ3n) is 4.88. The third-order valence-corrected chi connectivity index (χ3v) is 5.18. The van der Waals surface area contributed by atoms with E-state index in [1.807, 2.05) is 38.1 Å². The number of aromatic nitrogens is 1. The summed E-state index contributed by atoms with van der Waals surface area (Å²) in [5.41, 5.74) is 9.56. The van der Waals surface area contributed by atoms with Gasteiger partial charge in [-0.25, -0.2) is 9.78 Å². The fraction of sp³-hybridized carbons (Fsp3) is 0.227. The van der Waals surface area contributed by atoms with Gasteiger partial charge in [0.15, 0.2) is 0 Å². The SMILES string of the molecule is C=CCOC(=O)C1=C(C)OC(N)=C(C#N)C1c1cc2cc(C)c(C)cc2nc1Cl. The van der Waals surface area contributed by atoms with Crippen LogP contribution >= 0.6 is 11.6 Å². The van der Waals surface area contributed by atoms with E-state index in [2.05, 4.69) is 11.6 Å². The van der Waals surface area contributed by atoms with E-state index in [9.17, 15) is 10.1 Å². The zero-order valence-corrected chi connectivity index (χ0v) is 17.1. The molecule has 0 aliphatic carbocycles. The maximum Gasteiger partial charge on any atom is 0.338 e. The number of pyridine rings is 1. The number of nitrogens with zero attached hydrogens (tertiary/aromatic N) is 2. The monoisotopic (exact) mass is 409 g/mol. The number of nitriles is 1. The number of carbonyl (C=O) groups excluding carboxylic acids is 1. The van der Waals surface area contributed by atoms with Gasteiger partial charge in [-0.15, -0.1) is 0 Å². The number of allylic oxidation sites excluding steroid dienone is 2. The van der Waals surface area contributed by atoms with Crippen LogP contribution < -0.4 is 5.73 Å². The Balaban J connectivity index is 2.25. The smallest absolute Gasteiger partial charge is 0.338 e. The average molecular weight is 410 g/mol. The van der Waals surface area contributed by atoms with Crippen LogP contribution in [0.3, 0.4) is 0 Å². The number of nitrogens with two attached hydrogens (primary N) is 1. The van der Waals surface area contributed by atoms with Crippen LogP contribution in [0.15, 0.2) is 53.6 Å². The minimum Gasteiger partial charge on any atom is -0.458 e. The van der Waals surface area contributed by atoms with E-state index in [-0.39, 0.29) is 34.5 Å². The lowest BCUT2D eigenvalue weighted by Gasteiger charge is -2.27. The molecule has 1 aliphatic heterocycles. The highest BCUT2D eigenvalue weighted by Gasteiger charge is 2.37. The number of esters is 1. The van der Waals surface area contributed by atoms with Crippen LogP contribution in [0.5, 0.6) is 0 Å². The van der Waals surface area contributed by atoms with Crippen molar-refractivity contribution in [1.82, 2.24) is 4.98 Å². The second-order valence-electron chi connectivity index (χ2n) is 6.78. The Labute approximate surface area is 173 Å². The Hall–Kier alpha value is -3.30. The molecule has 148 valence electrons. The fourth-order valence-electron chi connectivity index (χ4n) is 3.30. The Kier molecular flexibility index (Phi) is 5.62. The molecule has 0 spiro atoms. The fourth-order valence-corrected chi connectivity index (χ4v) is 3.56. The molecule has 1 unspecified atom stereocenters. The molecule has 2 heterocycles. The van der Waals surface area contributed by atoms with E-state index in [1.54, 1.807) is 6.92 Å². The summed E-state index contributed by atoms with van der Waals surface area (Å²) in [6, 6.07) is 7.80. The van der Waals surface area contributed by atoms with Crippen molar-refractivity contribution in [3.8, 4) is 6.07 Å². The number of benzene rings is 1. The van der Waals surface area contributed by atoms with Crippen LogP contribution in [0.25, 0.3) is 10.9 Å². The van der Waals surface area contributed by atoms with Gasteiger partial charge >= 0.3 is 5.97 Å². The zero-order chi connectivity index (χ0) is 21.3. The quantitative estimate of drug-likeness (QED) is 0.458. The highest BCUT2D eigenvalue weighted by molar-refractivity contribution is 6.30. The number of ether oxygens (including phenoxy) is 2. The van der Waals surface area contributed by atoms with Crippen molar-refractivity contribution >= 4 is 28.5 Å². The molecule has 0 saturated carbocycles. The van der Waals surface area contributed by atoms with Crippen molar-refractivity contribution in [2.24, 2.45) is 5.73 Å². The summed E-state index contributed by atoms with van der Waals surface area (Å²) in [6.07, 6.45) is 1.46. The lowest BCUT2D eigenvalue weighted by Crippen LogP contribution is -2.26. The average Bonchev–Trinajstić information content (AvgIpc) is 2.66. The standard InChI is InChI=1S/C22H20ClN3O3/c1-5-6-28-22(27)18-13(4)29-21(25)16(10-24)19(18)15-9-14-7-11(2)12(3)8-17(14)26-20(15)23/h5,7-9,19H,1,6,25H2,2-4H3. The van der Waals surface area contributed by atoms with Crippen LogP contribution in [0.1, 0.15) is 29.5 Å².